The Balaban J connectivity index is 2.16. The van der Waals surface area contributed by atoms with Crippen LogP contribution in [0, 0.1) is 0 Å². The molecule has 1 N–H and O–H groups in total. The van der Waals surface area contributed by atoms with Crippen molar-refractivity contribution in [1.29, 1.82) is 0 Å². The Kier molecular flexibility index (Phi) is 5.72. The first-order valence-electron chi connectivity index (χ1n) is 4.94. The summed E-state index contributed by atoms with van der Waals surface area (Å²) in [5.74, 6) is -0.112. The van der Waals surface area contributed by atoms with E-state index in [1.807, 2.05) is 7.05 Å². The van der Waals surface area contributed by atoms with Gasteiger partial charge in [-0.15, -0.1) is 0 Å². The van der Waals surface area contributed by atoms with Gasteiger partial charge in [-0.25, -0.2) is 0 Å². The molecule has 0 radical (unpaired) electrons. The van der Waals surface area contributed by atoms with Crippen LogP contribution >= 0.6 is 7.33 Å². The van der Waals surface area contributed by atoms with Gasteiger partial charge in [0.25, 0.3) is 0 Å². The van der Waals surface area contributed by atoms with Crippen molar-refractivity contribution >= 4 is 17.4 Å². The predicted molar refractivity (Wildman–Crippen MR) is 63.8 cm³/mol. The molecular formula is C8H18MoN2O3PS. The van der Waals surface area contributed by atoms with Crippen molar-refractivity contribution in [2.75, 3.05) is 19.5 Å². The summed E-state index contributed by atoms with van der Waals surface area (Å²) >= 11 is -1.34. The molecule has 0 bridgehead atoms. The second-order valence-electron chi connectivity index (χ2n) is 3.71. The molecule has 1 aliphatic heterocycles. The number of rotatable bonds is 6. The van der Waals surface area contributed by atoms with Crippen LogP contribution in [0.1, 0.15) is 12.8 Å². The molecule has 1 unspecified atom stereocenters. The van der Waals surface area contributed by atoms with E-state index in [9.17, 15) is 8.42 Å². The zero-order chi connectivity index (χ0) is 12.2. The van der Waals surface area contributed by atoms with Gasteiger partial charge in [0.15, 0.2) is 0 Å². The van der Waals surface area contributed by atoms with E-state index in [2.05, 4.69) is 28.1 Å². The van der Waals surface area contributed by atoms with Gasteiger partial charge in [-0.2, -0.15) is 0 Å². The Morgan fingerprint density at radius 2 is 2.12 bits per heavy atom. The van der Waals surface area contributed by atoms with Crippen LogP contribution in [0.5, 0.6) is 0 Å². The molecular weight excluding hydrogens is 331 g/mol. The molecule has 0 aromatic carbocycles. The normalized spacial score (nSPS) is 16.5. The van der Waals surface area contributed by atoms with Crippen LogP contribution in [-0.2, 0) is 27.2 Å². The maximum absolute atomic E-state index is 10.5. The van der Waals surface area contributed by atoms with Crippen LogP contribution in [0.25, 0.3) is 0 Å². The number of nitrogens with zero attached hydrogens (tertiary/aromatic N) is 2. The molecule has 0 aromatic heterocycles. The second-order valence-corrected chi connectivity index (χ2v) is 12.6. The first-order chi connectivity index (χ1) is 7.38. The fourth-order valence-electron chi connectivity index (χ4n) is 1.31. The summed E-state index contributed by atoms with van der Waals surface area (Å²) in [6.07, 6.45) is 5.58. The average molecular weight is 349 g/mol. The Hall–Kier alpha value is 0.368. The topological polar surface area (TPSA) is 60.9 Å². The molecule has 0 saturated heterocycles. The third-order valence-corrected chi connectivity index (χ3v) is 9.76. The van der Waals surface area contributed by atoms with Crippen LogP contribution in [-0.4, -0.2) is 40.8 Å². The summed E-state index contributed by atoms with van der Waals surface area (Å²) < 4.78 is 32.0. The van der Waals surface area contributed by atoms with Gasteiger partial charge in [0, 0.05) is 0 Å². The molecule has 1 aliphatic rings. The molecule has 95 valence electrons. The molecule has 16 heavy (non-hydrogen) atoms. The van der Waals surface area contributed by atoms with E-state index in [0.29, 0.717) is 6.42 Å². The molecule has 5 nitrogen and oxygen atoms in total. The van der Waals surface area contributed by atoms with E-state index in [1.54, 1.807) is 0 Å². The first-order valence-corrected chi connectivity index (χ1v) is 12.8. The van der Waals surface area contributed by atoms with Crippen molar-refractivity contribution in [3.05, 3.63) is 12.4 Å². The van der Waals surface area contributed by atoms with Crippen molar-refractivity contribution in [1.82, 2.24) is 8.36 Å². The molecule has 8 heteroatoms. The van der Waals surface area contributed by atoms with E-state index in [-0.39, 0.29) is 5.75 Å². The molecule has 0 spiro atoms. The van der Waals surface area contributed by atoms with Gasteiger partial charge in [0.2, 0.25) is 0 Å². The molecule has 0 amide bonds. The molecule has 0 saturated carbocycles. The van der Waals surface area contributed by atoms with E-state index in [0.717, 1.165) is 17.9 Å². The quantitative estimate of drug-likeness (QED) is 0.337. The van der Waals surface area contributed by atoms with Crippen molar-refractivity contribution in [2.24, 2.45) is 0 Å². The third kappa shape index (κ3) is 5.62. The van der Waals surface area contributed by atoms with Gasteiger partial charge in [-0.1, -0.05) is 0 Å². The van der Waals surface area contributed by atoms with Gasteiger partial charge in [0.1, 0.15) is 0 Å². The fraction of sp³-hybridized carbons (Fsp3) is 0.750. The summed E-state index contributed by atoms with van der Waals surface area (Å²) in [7, 11) is 1.19. The van der Waals surface area contributed by atoms with Gasteiger partial charge >= 0.3 is 105 Å². The summed E-state index contributed by atoms with van der Waals surface area (Å²) in [5.41, 5.74) is 0. The minimum atomic E-state index is -3.77. The summed E-state index contributed by atoms with van der Waals surface area (Å²) in [5, 5.41) is 0. The van der Waals surface area contributed by atoms with Gasteiger partial charge in [-0.05, 0) is 0 Å². The SMILES string of the molecule is CN1C=C[N]([Mo]([PH2])[CH2]CCCS(=O)(=O)O)C1. The van der Waals surface area contributed by atoms with Crippen molar-refractivity contribution in [2.45, 2.75) is 17.7 Å². The van der Waals surface area contributed by atoms with Crippen LogP contribution < -0.4 is 0 Å². The van der Waals surface area contributed by atoms with Crippen molar-refractivity contribution in [3.8, 4) is 0 Å². The Labute approximate surface area is 105 Å². The summed E-state index contributed by atoms with van der Waals surface area (Å²) in [4.78, 5) is 3.19. The minimum absolute atomic E-state index is 0.112. The van der Waals surface area contributed by atoms with E-state index < -0.39 is 27.2 Å². The van der Waals surface area contributed by atoms with Crippen molar-refractivity contribution < 1.29 is 30.0 Å². The molecule has 0 aromatic rings. The summed E-state index contributed by atoms with van der Waals surface area (Å²) in [6.45, 7) is 0.943. The third-order valence-electron chi connectivity index (χ3n) is 2.16. The zero-order valence-electron chi connectivity index (χ0n) is 9.24. The van der Waals surface area contributed by atoms with Crippen LogP contribution in [0.15, 0.2) is 12.4 Å². The molecule has 1 atom stereocenters. The standard InChI is InChI=1S/C4H7N2.C4H9O3S.Mo.H2P/c1-6-3-2-5-4-6;1-2-3-4-8(5,6)7;;/h2-3H,4H2,1H3;1-4H2,(H,5,6,7);;1H2/q-1;;+2;-1. The fourth-order valence-corrected chi connectivity index (χ4v) is 6.81. The van der Waals surface area contributed by atoms with Crippen LogP contribution in [0.4, 0.5) is 0 Å². The van der Waals surface area contributed by atoms with Crippen LogP contribution in [0.3, 0.4) is 0 Å². The van der Waals surface area contributed by atoms with E-state index >= 15 is 0 Å². The first kappa shape index (κ1) is 14.4. The van der Waals surface area contributed by atoms with Crippen molar-refractivity contribution in [3.63, 3.8) is 0 Å². The van der Waals surface area contributed by atoms with Crippen LogP contribution in [0.2, 0.25) is 4.81 Å². The molecule has 1 rings (SSSR count). The number of hydrogen-bond acceptors (Lipinski definition) is 4. The Morgan fingerprint density at radius 1 is 1.44 bits per heavy atom. The Bertz CT molecular complexity index is 349. The van der Waals surface area contributed by atoms with Gasteiger partial charge < -0.3 is 0 Å². The number of hydrogen-bond donors (Lipinski definition) is 1. The summed E-state index contributed by atoms with van der Waals surface area (Å²) in [6, 6.07) is 0. The molecule has 0 fully saturated rings. The van der Waals surface area contributed by atoms with Gasteiger partial charge in [0.05, 0.1) is 0 Å². The zero-order valence-corrected chi connectivity index (χ0v) is 13.2. The average Bonchev–Trinajstić information content (AvgIpc) is 2.57. The van der Waals surface area contributed by atoms with E-state index in [1.165, 1.54) is 0 Å². The second kappa shape index (κ2) is 6.34. The Morgan fingerprint density at radius 3 is 2.62 bits per heavy atom. The number of unbranched alkanes of at least 4 members (excludes halogenated alkanes) is 1. The molecule has 1 heterocycles. The predicted octanol–water partition coefficient (Wildman–Crippen LogP) is 1.07. The van der Waals surface area contributed by atoms with Gasteiger partial charge in [-0.3, -0.25) is 0 Å². The van der Waals surface area contributed by atoms with E-state index in [4.69, 9.17) is 4.55 Å². The molecule has 0 aliphatic carbocycles. The maximum atomic E-state index is 10.5. The monoisotopic (exact) mass is 351 g/mol.